The predicted molar refractivity (Wildman–Crippen MR) is 74.6 cm³/mol. The fourth-order valence-electron chi connectivity index (χ4n) is 2.21. The lowest BCUT2D eigenvalue weighted by molar-refractivity contribution is 0.0481. The van der Waals surface area contributed by atoms with Gasteiger partial charge in [-0.05, 0) is 26.2 Å². The fraction of sp³-hybridized carbons (Fsp3) is 0.583. The zero-order valence-electron chi connectivity index (χ0n) is 10.5. The molecular weight excluding hydrogens is 248 g/mol. The molecule has 1 aromatic heterocycles. The van der Waals surface area contributed by atoms with E-state index in [1.165, 1.54) is 0 Å². The van der Waals surface area contributed by atoms with Gasteiger partial charge in [0, 0.05) is 25.5 Å². The van der Waals surface area contributed by atoms with E-state index in [1.807, 2.05) is 6.92 Å². The van der Waals surface area contributed by atoms with Crippen LogP contribution in [0.1, 0.15) is 31.9 Å². The zero-order valence-corrected chi connectivity index (χ0v) is 11.3. The van der Waals surface area contributed by atoms with Gasteiger partial charge in [0.2, 0.25) is 0 Å². The number of hydrogen-bond acceptors (Lipinski definition) is 5. The van der Waals surface area contributed by atoms with E-state index in [-0.39, 0.29) is 4.99 Å². The molecule has 1 aliphatic heterocycles. The van der Waals surface area contributed by atoms with E-state index in [0.29, 0.717) is 12.1 Å². The molecule has 2 heterocycles. The van der Waals surface area contributed by atoms with Crippen molar-refractivity contribution in [2.45, 2.75) is 31.8 Å². The van der Waals surface area contributed by atoms with Gasteiger partial charge >= 0.3 is 0 Å². The monoisotopic (exact) mass is 266 g/mol. The Balaban J connectivity index is 2.24. The van der Waals surface area contributed by atoms with Crippen LogP contribution in [0, 0.1) is 0 Å². The molecule has 1 aliphatic rings. The summed E-state index contributed by atoms with van der Waals surface area (Å²) in [5.74, 6) is 0.725. The molecule has 0 radical (unpaired) electrons. The van der Waals surface area contributed by atoms with E-state index < -0.39 is 5.60 Å². The van der Waals surface area contributed by atoms with Crippen molar-refractivity contribution in [3.63, 3.8) is 0 Å². The predicted octanol–water partition coefficient (Wildman–Crippen LogP) is 0.852. The summed E-state index contributed by atoms with van der Waals surface area (Å²) in [7, 11) is 0. The highest BCUT2D eigenvalue weighted by molar-refractivity contribution is 7.80. The number of aromatic nitrogens is 2. The maximum absolute atomic E-state index is 10.1. The number of nitrogens with two attached hydrogens (primary N) is 1. The minimum absolute atomic E-state index is 0.258. The largest absolute Gasteiger partial charge is 0.390 e. The van der Waals surface area contributed by atoms with Crippen LogP contribution in [0.4, 0.5) is 5.82 Å². The SMILES string of the molecule is CC1(O)CCCN(c2nccnc2C(N)=S)CC1. The zero-order chi connectivity index (χ0) is 13.2. The summed E-state index contributed by atoms with van der Waals surface area (Å²) >= 11 is 5.00. The summed E-state index contributed by atoms with van der Waals surface area (Å²) in [6.07, 6.45) is 5.65. The number of nitrogens with zero attached hydrogens (tertiary/aromatic N) is 3. The molecule has 0 amide bonds. The number of thiocarbonyl (C=S) groups is 1. The lowest BCUT2D eigenvalue weighted by Gasteiger charge is -2.24. The average molecular weight is 266 g/mol. The van der Waals surface area contributed by atoms with Gasteiger partial charge in [-0.1, -0.05) is 12.2 Å². The fourth-order valence-corrected chi connectivity index (χ4v) is 2.36. The van der Waals surface area contributed by atoms with Crippen LogP contribution in [0.15, 0.2) is 12.4 Å². The summed E-state index contributed by atoms with van der Waals surface area (Å²) in [5, 5.41) is 10.1. The first kappa shape index (κ1) is 13.2. The molecule has 1 fully saturated rings. The van der Waals surface area contributed by atoms with Crippen LogP contribution in [0.5, 0.6) is 0 Å². The molecule has 18 heavy (non-hydrogen) atoms. The van der Waals surface area contributed by atoms with Crippen molar-refractivity contribution in [2.24, 2.45) is 5.73 Å². The normalized spacial score (nSPS) is 24.7. The number of hydrogen-bond donors (Lipinski definition) is 2. The van der Waals surface area contributed by atoms with E-state index >= 15 is 0 Å². The summed E-state index contributed by atoms with van der Waals surface area (Å²) in [5.41, 5.74) is 5.63. The summed E-state index contributed by atoms with van der Waals surface area (Å²) in [4.78, 5) is 10.9. The Labute approximate surface area is 112 Å². The minimum atomic E-state index is -0.597. The van der Waals surface area contributed by atoms with Gasteiger partial charge in [0.25, 0.3) is 0 Å². The van der Waals surface area contributed by atoms with Gasteiger partial charge in [0.05, 0.1) is 5.60 Å². The van der Waals surface area contributed by atoms with E-state index in [9.17, 15) is 5.11 Å². The Kier molecular flexibility index (Phi) is 3.77. The third kappa shape index (κ3) is 2.94. The second-order valence-electron chi connectivity index (χ2n) is 4.93. The first-order valence-electron chi connectivity index (χ1n) is 6.08. The molecule has 6 heteroatoms. The topological polar surface area (TPSA) is 75.3 Å². The minimum Gasteiger partial charge on any atom is -0.390 e. The first-order valence-corrected chi connectivity index (χ1v) is 6.48. The highest BCUT2D eigenvalue weighted by atomic mass is 32.1. The molecule has 2 rings (SSSR count). The van der Waals surface area contributed by atoms with Crippen molar-refractivity contribution in [1.82, 2.24) is 9.97 Å². The molecular formula is C12H18N4OS. The molecule has 5 nitrogen and oxygen atoms in total. The van der Waals surface area contributed by atoms with Gasteiger partial charge in [0.15, 0.2) is 5.82 Å². The van der Waals surface area contributed by atoms with E-state index in [0.717, 1.165) is 31.7 Å². The van der Waals surface area contributed by atoms with Gasteiger partial charge in [-0.15, -0.1) is 0 Å². The van der Waals surface area contributed by atoms with Crippen molar-refractivity contribution in [3.05, 3.63) is 18.1 Å². The van der Waals surface area contributed by atoms with Crippen molar-refractivity contribution in [2.75, 3.05) is 18.0 Å². The standard InChI is InChI=1S/C12H18N4OS/c1-12(17)3-2-7-16(8-4-12)11-9(10(13)18)14-5-6-15-11/h5-6,17H,2-4,7-8H2,1H3,(H2,13,18). The van der Waals surface area contributed by atoms with Gasteiger partial charge in [-0.25, -0.2) is 9.97 Å². The Bertz CT molecular complexity index is 449. The molecule has 0 bridgehead atoms. The van der Waals surface area contributed by atoms with E-state index in [2.05, 4.69) is 14.9 Å². The van der Waals surface area contributed by atoms with E-state index in [4.69, 9.17) is 18.0 Å². The van der Waals surface area contributed by atoms with Gasteiger partial charge in [0.1, 0.15) is 10.7 Å². The summed E-state index contributed by atoms with van der Waals surface area (Å²) < 4.78 is 0. The van der Waals surface area contributed by atoms with Gasteiger partial charge in [-0.3, -0.25) is 0 Å². The quantitative estimate of drug-likeness (QED) is 0.773. The molecule has 1 atom stereocenters. The van der Waals surface area contributed by atoms with Gasteiger partial charge < -0.3 is 15.7 Å². The molecule has 1 aromatic rings. The smallest absolute Gasteiger partial charge is 0.157 e. The van der Waals surface area contributed by atoms with Crippen LogP contribution >= 0.6 is 12.2 Å². The second-order valence-corrected chi connectivity index (χ2v) is 5.37. The van der Waals surface area contributed by atoms with Crippen molar-refractivity contribution >= 4 is 23.0 Å². The number of aliphatic hydroxyl groups is 1. The molecule has 0 aromatic carbocycles. The van der Waals surface area contributed by atoms with Crippen LogP contribution in [0.25, 0.3) is 0 Å². The lowest BCUT2D eigenvalue weighted by Crippen LogP contribution is -2.31. The maximum atomic E-state index is 10.1. The third-order valence-electron chi connectivity index (χ3n) is 3.28. The van der Waals surface area contributed by atoms with Gasteiger partial charge in [-0.2, -0.15) is 0 Å². The molecule has 0 aliphatic carbocycles. The molecule has 1 saturated heterocycles. The van der Waals surface area contributed by atoms with Crippen LogP contribution in [0.2, 0.25) is 0 Å². The number of rotatable bonds is 2. The Morgan fingerprint density at radius 3 is 2.83 bits per heavy atom. The Morgan fingerprint density at radius 1 is 1.39 bits per heavy atom. The Hall–Kier alpha value is -1.27. The van der Waals surface area contributed by atoms with Crippen LogP contribution in [-0.2, 0) is 0 Å². The highest BCUT2D eigenvalue weighted by Crippen LogP contribution is 2.25. The average Bonchev–Trinajstić information content (AvgIpc) is 2.50. The first-order chi connectivity index (χ1) is 8.49. The van der Waals surface area contributed by atoms with Crippen LogP contribution in [0.3, 0.4) is 0 Å². The maximum Gasteiger partial charge on any atom is 0.157 e. The second kappa shape index (κ2) is 5.16. The third-order valence-corrected chi connectivity index (χ3v) is 3.47. The molecule has 3 N–H and O–H groups in total. The highest BCUT2D eigenvalue weighted by Gasteiger charge is 2.26. The summed E-state index contributed by atoms with van der Waals surface area (Å²) in [6.45, 7) is 3.45. The molecule has 0 spiro atoms. The van der Waals surface area contributed by atoms with Crippen molar-refractivity contribution in [3.8, 4) is 0 Å². The Morgan fingerprint density at radius 2 is 2.11 bits per heavy atom. The molecule has 98 valence electrons. The molecule has 1 unspecified atom stereocenters. The van der Waals surface area contributed by atoms with Crippen LogP contribution < -0.4 is 10.6 Å². The molecule has 0 saturated carbocycles. The van der Waals surface area contributed by atoms with Crippen molar-refractivity contribution in [1.29, 1.82) is 0 Å². The van der Waals surface area contributed by atoms with Crippen molar-refractivity contribution < 1.29 is 5.11 Å². The van der Waals surface area contributed by atoms with E-state index in [1.54, 1.807) is 12.4 Å². The summed E-state index contributed by atoms with van der Waals surface area (Å²) in [6, 6.07) is 0. The number of anilines is 1. The van der Waals surface area contributed by atoms with Crippen LogP contribution in [-0.4, -0.2) is 38.8 Å². The lowest BCUT2D eigenvalue weighted by atomic mass is 9.98.